The normalized spacial score (nSPS) is 10.4. The Balaban J connectivity index is 1.86. The van der Waals surface area contributed by atoms with Crippen LogP contribution in [0, 0.1) is 6.92 Å². The van der Waals surface area contributed by atoms with E-state index in [1.165, 1.54) is 11.6 Å². The Kier molecular flexibility index (Phi) is 7.17. The van der Waals surface area contributed by atoms with Gasteiger partial charge in [0, 0.05) is 12.6 Å². The molecule has 2 rings (SSSR count). The molecule has 0 spiro atoms. The van der Waals surface area contributed by atoms with Crippen LogP contribution in [0.1, 0.15) is 16.7 Å². The summed E-state index contributed by atoms with van der Waals surface area (Å²) in [6, 6.07) is 13.5. The molecule has 0 aliphatic rings. The third-order valence-corrected chi connectivity index (χ3v) is 3.89. The molecule has 0 fully saturated rings. The van der Waals surface area contributed by atoms with E-state index < -0.39 is 0 Å². The molecule has 0 heterocycles. The van der Waals surface area contributed by atoms with Gasteiger partial charge in [0.1, 0.15) is 0 Å². The average molecular weight is 370 g/mol. The lowest BCUT2D eigenvalue weighted by atomic mass is 10.1. The second-order valence-electron chi connectivity index (χ2n) is 5.61. The van der Waals surface area contributed by atoms with E-state index in [1.807, 2.05) is 37.3 Å². The van der Waals surface area contributed by atoms with Crippen LogP contribution in [0.25, 0.3) is 6.08 Å². The van der Waals surface area contributed by atoms with Crippen molar-refractivity contribution in [3.8, 4) is 11.5 Å². The summed E-state index contributed by atoms with van der Waals surface area (Å²) in [6.45, 7) is 2.59. The average Bonchev–Trinajstić information content (AvgIpc) is 2.65. The zero-order valence-corrected chi connectivity index (χ0v) is 15.9. The molecule has 6 heteroatoms. The van der Waals surface area contributed by atoms with Gasteiger partial charge in [-0.25, -0.2) is 0 Å². The second-order valence-corrected chi connectivity index (χ2v) is 6.01. The highest BCUT2D eigenvalue weighted by molar-refractivity contribution is 7.80. The molecule has 136 valence electrons. The van der Waals surface area contributed by atoms with Gasteiger partial charge < -0.3 is 14.8 Å². The van der Waals surface area contributed by atoms with Gasteiger partial charge in [0.2, 0.25) is 5.91 Å². The van der Waals surface area contributed by atoms with Crippen LogP contribution in [0.3, 0.4) is 0 Å². The van der Waals surface area contributed by atoms with E-state index in [4.69, 9.17) is 21.7 Å². The summed E-state index contributed by atoms with van der Waals surface area (Å²) in [5.74, 6) is 0.933. The highest BCUT2D eigenvalue weighted by atomic mass is 32.1. The first-order chi connectivity index (χ1) is 12.5. The second kappa shape index (κ2) is 9.58. The van der Waals surface area contributed by atoms with Gasteiger partial charge in [-0.05, 0) is 48.5 Å². The number of thiocarbonyl (C=S) groups is 1. The van der Waals surface area contributed by atoms with Crippen molar-refractivity contribution in [1.29, 1.82) is 0 Å². The fourth-order valence-electron chi connectivity index (χ4n) is 2.21. The van der Waals surface area contributed by atoms with Crippen molar-refractivity contribution in [2.75, 3.05) is 14.2 Å². The Morgan fingerprint density at radius 1 is 1.08 bits per heavy atom. The van der Waals surface area contributed by atoms with Crippen LogP contribution < -0.4 is 20.1 Å². The summed E-state index contributed by atoms with van der Waals surface area (Å²) < 4.78 is 10.4. The summed E-state index contributed by atoms with van der Waals surface area (Å²) in [4.78, 5) is 12.0. The van der Waals surface area contributed by atoms with E-state index in [-0.39, 0.29) is 11.0 Å². The molecule has 0 aliphatic heterocycles. The molecule has 0 aliphatic carbocycles. The third kappa shape index (κ3) is 5.89. The predicted octanol–water partition coefficient (Wildman–Crippen LogP) is 3.22. The van der Waals surface area contributed by atoms with Crippen molar-refractivity contribution in [2.24, 2.45) is 0 Å². The van der Waals surface area contributed by atoms with Crippen molar-refractivity contribution >= 4 is 29.3 Å². The SMILES string of the molecule is COc1ccc(/C=C/C(=O)NC(=S)NCc2ccc(C)cc2)cc1OC. The molecule has 2 N–H and O–H groups in total. The number of aryl methyl sites for hydroxylation is 1. The maximum atomic E-state index is 12.0. The molecule has 0 radical (unpaired) electrons. The van der Waals surface area contributed by atoms with Gasteiger partial charge in [-0.3, -0.25) is 10.1 Å². The van der Waals surface area contributed by atoms with Crippen LogP contribution >= 0.6 is 12.2 Å². The number of benzene rings is 2. The number of carbonyl (C=O) groups excluding carboxylic acids is 1. The highest BCUT2D eigenvalue weighted by Gasteiger charge is 2.04. The number of methoxy groups -OCH3 is 2. The number of nitrogens with one attached hydrogen (secondary N) is 2. The van der Waals surface area contributed by atoms with Crippen LogP contribution in [0.15, 0.2) is 48.5 Å². The van der Waals surface area contributed by atoms with Gasteiger partial charge >= 0.3 is 0 Å². The highest BCUT2D eigenvalue weighted by Crippen LogP contribution is 2.27. The fraction of sp³-hybridized carbons (Fsp3) is 0.200. The maximum absolute atomic E-state index is 12.0. The number of rotatable bonds is 6. The van der Waals surface area contributed by atoms with Gasteiger partial charge in [-0.1, -0.05) is 35.9 Å². The van der Waals surface area contributed by atoms with Gasteiger partial charge in [-0.2, -0.15) is 0 Å². The van der Waals surface area contributed by atoms with Crippen LogP contribution in [0.4, 0.5) is 0 Å². The summed E-state index contributed by atoms with van der Waals surface area (Å²) in [7, 11) is 3.14. The molecule has 5 nitrogen and oxygen atoms in total. The van der Waals surface area contributed by atoms with Crippen molar-refractivity contribution < 1.29 is 14.3 Å². The summed E-state index contributed by atoms with van der Waals surface area (Å²) >= 11 is 5.14. The smallest absolute Gasteiger partial charge is 0.250 e. The minimum absolute atomic E-state index is 0.285. The topological polar surface area (TPSA) is 59.6 Å². The molecule has 0 aromatic heterocycles. The Morgan fingerprint density at radius 2 is 1.77 bits per heavy atom. The van der Waals surface area contributed by atoms with Crippen LogP contribution in [0.2, 0.25) is 0 Å². The number of carbonyl (C=O) groups is 1. The zero-order chi connectivity index (χ0) is 18.9. The van der Waals surface area contributed by atoms with Gasteiger partial charge in [-0.15, -0.1) is 0 Å². The fourth-order valence-corrected chi connectivity index (χ4v) is 2.39. The van der Waals surface area contributed by atoms with Gasteiger partial charge in [0.25, 0.3) is 0 Å². The summed E-state index contributed by atoms with van der Waals surface area (Å²) in [6.07, 6.45) is 3.10. The van der Waals surface area contributed by atoms with E-state index in [0.717, 1.165) is 11.1 Å². The van der Waals surface area contributed by atoms with Crippen LogP contribution in [-0.2, 0) is 11.3 Å². The van der Waals surface area contributed by atoms with Crippen molar-refractivity contribution in [1.82, 2.24) is 10.6 Å². The first-order valence-corrected chi connectivity index (χ1v) is 8.47. The first-order valence-electron chi connectivity index (χ1n) is 8.06. The molecule has 0 saturated heterocycles. The van der Waals surface area contributed by atoms with E-state index in [0.29, 0.717) is 18.0 Å². The monoisotopic (exact) mass is 370 g/mol. The molecule has 2 aromatic carbocycles. The lowest BCUT2D eigenvalue weighted by molar-refractivity contribution is -0.115. The summed E-state index contributed by atoms with van der Waals surface area (Å²) in [5, 5.41) is 5.92. The predicted molar refractivity (Wildman–Crippen MR) is 107 cm³/mol. The molecule has 0 unspecified atom stereocenters. The molecule has 26 heavy (non-hydrogen) atoms. The Bertz CT molecular complexity index is 801. The summed E-state index contributed by atoms with van der Waals surface area (Å²) in [5.41, 5.74) is 3.11. The Hall–Kier alpha value is -2.86. The van der Waals surface area contributed by atoms with E-state index in [2.05, 4.69) is 10.6 Å². The number of hydrogen-bond acceptors (Lipinski definition) is 4. The quantitative estimate of drug-likeness (QED) is 0.604. The van der Waals surface area contributed by atoms with Crippen LogP contribution in [-0.4, -0.2) is 25.2 Å². The Labute approximate surface area is 159 Å². The number of hydrogen-bond donors (Lipinski definition) is 2. The minimum Gasteiger partial charge on any atom is -0.493 e. The zero-order valence-electron chi connectivity index (χ0n) is 15.0. The lowest BCUT2D eigenvalue weighted by Crippen LogP contribution is -2.37. The van der Waals surface area contributed by atoms with Crippen LogP contribution in [0.5, 0.6) is 11.5 Å². The van der Waals surface area contributed by atoms with E-state index >= 15 is 0 Å². The number of ether oxygens (including phenoxy) is 2. The minimum atomic E-state index is -0.304. The Morgan fingerprint density at radius 3 is 2.42 bits per heavy atom. The molecule has 1 amide bonds. The standard InChI is InChI=1S/C20H22N2O3S/c1-14-4-6-16(7-5-14)13-21-20(26)22-19(23)11-9-15-8-10-17(24-2)18(12-15)25-3/h4-12H,13H2,1-3H3,(H2,21,22,23,26)/b11-9+. The molecule has 0 atom stereocenters. The van der Waals surface area contributed by atoms with Crippen molar-refractivity contribution in [3.63, 3.8) is 0 Å². The molecular weight excluding hydrogens is 348 g/mol. The van der Waals surface area contributed by atoms with E-state index in [9.17, 15) is 4.79 Å². The maximum Gasteiger partial charge on any atom is 0.250 e. The molecule has 2 aromatic rings. The molecular formula is C20H22N2O3S. The molecule has 0 saturated carbocycles. The number of amides is 1. The third-order valence-electron chi connectivity index (χ3n) is 3.65. The van der Waals surface area contributed by atoms with Gasteiger partial charge in [0.05, 0.1) is 14.2 Å². The van der Waals surface area contributed by atoms with Gasteiger partial charge in [0.15, 0.2) is 16.6 Å². The molecule has 0 bridgehead atoms. The van der Waals surface area contributed by atoms with Crippen molar-refractivity contribution in [2.45, 2.75) is 13.5 Å². The largest absolute Gasteiger partial charge is 0.493 e. The first kappa shape index (κ1) is 19.5. The lowest BCUT2D eigenvalue weighted by Gasteiger charge is -2.09. The van der Waals surface area contributed by atoms with E-state index in [1.54, 1.807) is 32.4 Å². The van der Waals surface area contributed by atoms with Crippen molar-refractivity contribution in [3.05, 3.63) is 65.2 Å².